The van der Waals surface area contributed by atoms with Gasteiger partial charge in [-0.1, -0.05) is 25.1 Å². The van der Waals surface area contributed by atoms with E-state index in [1.54, 1.807) is 24.3 Å². The molecule has 1 aromatic carbocycles. The highest BCUT2D eigenvalue weighted by Gasteiger charge is 2.37. The highest BCUT2D eigenvalue weighted by Crippen LogP contribution is 2.29. The van der Waals surface area contributed by atoms with Gasteiger partial charge in [0.25, 0.3) is 0 Å². The van der Waals surface area contributed by atoms with Gasteiger partial charge in [-0.25, -0.2) is 4.79 Å². The number of hydrogen-bond donors (Lipinski definition) is 3. The molecule has 4 N–H and O–H groups in total. The third kappa shape index (κ3) is 6.79. The van der Waals surface area contributed by atoms with Crippen molar-refractivity contribution in [3.05, 3.63) is 35.9 Å². The molecule has 0 bridgehead atoms. The molecule has 1 fully saturated rings. The molecule has 6 nitrogen and oxygen atoms in total. The predicted octanol–water partition coefficient (Wildman–Crippen LogP) is 2.43. The summed E-state index contributed by atoms with van der Waals surface area (Å²) < 4.78 is 5.49. The standard InChI is InChI=1S/C20H30N2O4.ClH/c1-3-7-17(23)22-16-11-10-15(19(24)18(16)21)12-13(2)26-20(25)14-8-5-4-6-9-14;/h4-6,8-9,13,15-16,18-19,24H,3,7,10-12,21H2,1-2H3,(H,22,23);1H. The zero-order chi connectivity index (χ0) is 19.1. The van der Waals surface area contributed by atoms with Crippen LogP contribution in [0.3, 0.4) is 0 Å². The molecule has 1 aliphatic carbocycles. The Balaban J connectivity index is 0.00000364. The zero-order valence-electron chi connectivity index (χ0n) is 16.0. The fourth-order valence-electron chi connectivity index (χ4n) is 3.54. The van der Waals surface area contributed by atoms with E-state index in [0.717, 1.165) is 19.3 Å². The quantitative estimate of drug-likeness (QED) is 0.612. The van der Waals surface area contributed by atoms with Gasteiger partial charge in [-0.3, -0.25) is 4.79 Å². The van der Waals surface area contributed by atoms with Crippen LogP contribution in [-0.4, -0.2) is 41.3 Å². The SMILES string of the molecule is CCCC(=O)NC1CCC(CC(C)OC(=O)c2ccccc2)C(O)C1N.Cl. The van der Waals surface area contributed by atoms with Crippen molar-refractivity contribution in [2.24, 2.45) is 11.7 Å². The second kappa shape index (κ2) is 11.3. The van der Waals surface area contributed by atoms with E-state index in [1.807, 2.05) is 19.9 Å². The molecule has 0 aliphatic heterocycles. The van der Waals surface area contributed by atoms with Crippen LogP contribution in [0.4, 0.5) is 0 Å². The number of carbonyl (C=O) groups is 2. The summed E-state index contributed by atoms with van der Waals surface area (Å²) in [6.07, 6.45) is 2.20. The minimum atomic E-state index is -0.728. The lowest BCUT2D eigenvalue weighted by Gasteiger charge is -2.39. The second-order valence-electron chi connectivity index (χ2n) is 7.15. The summed E-state index contributed by atoms with van der Waals surface area (Å²) in [6.45, 7) is 3.78. The minimum Gasteiger partial charge on any atom is -0.459 e. The summed E-state index contributed by atoms with van der Waals surface area (Å²) >= 11 is 0. The molecule has 2 rings (SSSR count). The number of rotatable bonds is 7. The number of halogens is 1. The van der Waals surface area contributed by atoms with Crippen LogP contribution in [0.2, 0.25) is 0 Å². The summed E-state index contributed by atoms with van der Waals surface area (Å²) in [4.78, 5) is 23.9. The average molecular weight is 399 g/mol. The first-order chi connectivity index (χ1) is 12.4. The molecular formula is C20H31ClN2O4. The topological polar surface area (TPSA) is 102 Å². The van der Waals surface area contributed by atoms with Crippen LogP contribution in [0, 0.1) is 5.92 Å². The lowest BCUT2D eigenvalue weighted by Crippen LogP contribution is -2.58. The Morgan fingerprint density at radius 1 is 1.30 bits per heavy atom. The largest absolute Gasteiger partial charge is 0.459 e. The normalized spacial score (nSPS) is 25.8. The van der Waals surface area contributed by atoms with Crippen molar-refractivity contribution in [1.29, 1.82) is 0 Å². The van der Waals surface area contributed by atoms with Crippen LogP contribution >= 0.6 is 12.4 Å². The van der Waals surface area contributed by atoms with Crippen molar-refractivity contribution >= 4 is 24.3 Å². The monoisotopic (exact) mass is 398 g/mol. The zero-order valence-corrected chi connectivity index (χ0v) is 16.8. The molecule has 1 aliphatic rings. The number of benzene rings is 1. The molecule has 0 saturated heterocycles. The molecule has 0 spiro atoms. The Kier molecular flexibility index (Phi) is 9.77. The third-order valence-electron chi connectivity index (χ3n) is 4.97. The van der Waals surface area contributed by atoms with E-state index in [2.05, 4.69) is 5.32 Å². The van der Waals surface area contributed by atoms with Gasteiger partial charge < -0.3 is 20.9 Å². The fourth-order valence-corrected chi connectivity index (χ4v) is 3.54. The van der Waals surface area contributed by atoms with E-state index in [1.165, 1.54) is 0 Å². The Bertz CT molecular complexity index is 599. The number of carbonyl (C=O) groups excluding carboxylic acids is 2. The first-order valence-electron chi connectivity index (χ1n) is 9.41. The van der Waals surface area contributed by atoms with E-state index in [0.29, 0.717) is 18.4 Å². The van der Waals surface area contributed by atoms with Crippen molar-refractivity contribution < 1.29 is 19.4 Å². The van der Waals surface area contributed by atoms with E-state index >= 15 is 0 Å². The van der Waals surface area contributed by atoms with Crippen LogP contribution in [0.25, 0.3) is 0 Å². The van der Waals surface area contributed by atoms with Gasteiger partial charge in [-0.15, -0.1) is 12.4 Å². The van der Waals surface area contributed by atoms with Gasteiger partial charge in [0.15, 0.2) is 0 Å². The highest BCUT2D eigenvalue weighted by atomic mass is 35.5. The second-order valence-corrected chi connectivity index (χ2v) is 7.15. The number of ether oxygens (including phenoxy) is 1. The summed E-state index contributed by atoms with van der Waals surface area (Å²) in [6, 6.07) is 8.13. The molecule has 5 unspecified atom stereocenters. The molecule has 1 saturated carbocycles. The Hall–Kier alpha value is -1.63. The molecule has 5 atom stereocenters. The molecule has 7 heteroatoms. The molecule has 0 aromatic heterocycles. The lowest BCUT2D eigenvalue weighted by molar-refractivity contribution is -0.122. The van der Waals surface area contributed by atoms with Crippen LogP contribution < -0.4 is 11.1 Å². The van der Waals surface area contributed by atoms with Crippen LogP contribution in [0.15, 0.2) is 30.3 Å². The molecule has 152 valence electrons. The Morgan fingerprint density at radius 2 is 1.96 bits per heavy atom. The van der Waals surface area contributed by atoms with Gasteiger partial charge >= 0.3 is 5.97 Å². The van der Waals surface area contributed by atoms with Crippen LogP contribution in [0.5, 0.6) is 0 Å². The van der Waals surface area contributed by atoms with Crippen molar-refractivity contribution in [3.63, 3.8) is 0 Å². The maximum absolute atomic E-state index is 12.1. The number of aliphatic hydroxyl groups is 1. The lowest BCUT2D eigenvalue weighted by atomic mass is 9.77. The summed E-state index contributed by atoms with van der Waals surface area (Å²) in [5, 5.41) is 13.5. The van der Waals surface area contributed by atoms with Gasteiger partial charge in [0.2, 0.25) is 5.91 Å². The summed E-state index contributed by atoms with van der Waals surface area (Å²) in [5.74, 6) is -0.441. The first-order valence-corrected chi connectivity index (χ1v) is 9.41. The first kappa shape index (κ1) is 23.4. The average Bonchev–Trinajstić information content (AvgIpc) is 2.62. The fraction of sp³-hybridized carbons (Fsp3) is 0.600. The van der Waals surface area contributed by atoms with Gasteiger partial charge in [0.1, 0.15) is 0 Å². The van der Waals surface area contributed by atoms with Crippen molar-refractivity contribution in [2.45, 2.75) is 70.2 Å². The van der Waals surface area contributed by atoms with Crippen LogP contribution in [0.1, 0.15) is 56.3 Å². The molecule has 1 amide bonds. The Labute approximate surface area is 167 Å². The smallest absolute Gasteiger partial charge is 0.338 e. The van der Waals surface area contributed by atoms with Crippen molar-refractivity contribution in [3.8, 4) is 0 Å². The number of aliphatic hydroxyl groups excluding tert-OH is 1. The minimum absolute atomic E-state index is 0. The van der Waals surface area contributed by atoms with E-state index in [-0.39, 0.29) is 42.3 Å². The highest BCUT2D eigenvalue weighted by molar-refractivity contribution is 5.89. The molecule has 0 heterocycles. The Morgan fingerprint density at radius 3 is 2.59 bits per heavy atom. The van der Waals surface area contributed by atoms with Crippen molar-refractivity contribution in [2.75, 3.05) is 0 Å². The number of hydrogen-bond acceptors (Lipinski definition) is 5. The van der Waals surface area contributed by atoms with Gasteiger partial charge in [-0.05, 0) is 50.7 Å². The van der Waals surface area contributed by atoms with E-state index < -0.39 is 12.1 Å². The van der Waals surface area contributed by atoms with E-state index in [4.69, 9.17) is 10.5 Å². The summed E-state index contributed by atoms with van der Waals surface area (Å²) in [7, 11) is 0. The molecule has 1 aromatic rings. The molecule has 27 heavy (non-hydrogen) atoms. The maximum atomic E-state index is 12.1. The predicted molar refractivity (Wildman–Crippen MR) is 107 cm³/mol. The van der Waals surface area contributed by atoms with Gasteiger partial charge in [0.05, 0.1) is 23.8 Å². The number of esters is 1. The van der Waals surface area contributed by atoms with Gasteiger partial charge in [-0.2, -0.15) is 0 Å². The number of nitrogens with one attached hydrogen (secondary N) is 1. The maximum Gasteiger partial charge on any atom is 0.338 e. The number of amides is 1. The molecular weight excluding hydrogens is 368 g/mol. The third-order valence-corrected chi connectivity index (χ3v) is 4.97. The van der Waals surface area contributed by atoms with Crippen molar-refractivity contribution in [1.82, 2.24) is 5.32 Å². The number of nitrogens with two attached hydrogens (primary N) is 1. The van der Waals surface area contributed by atoms with Crippen LogP contribution in [-0.2, 0) is 9.53 Å². The molecule has 0 radical (unpaired) electrons. The summed E-state index contributed by atoms with van der Waals surface area (Å²) in [5.41, 5.74) is 6.67. The van der Waals surface area contributed by atoms with Gasteiger partial charge in [0, 0.05) is 12.5 Å². The van der Waals surface area contributed by atoms with E-state index in [9.17, 15) is 14.7 Å².